The molecule has 0 saturated heterocycles. The van der Waals surface area contributed by atoms with E-state index in [0.29, 0.717) is 24.2 Å². The normalized spacial score (nSPS) is 13.0. The summed E-state index contributed by atoms with van der Waals surface area (Å²) in [4.78, 5) is 33.4. The van der Waals surface area contributed by atoms with Gasteiger partial charge in [-0.3, -0.25) is 9.59 Å². The number of amides is 1. The Hall–Kier alpha value is -3.77. The molecule has 1 aromatic carbocycles. The van der Waals surface area contributed by atoms with Crippen LogP contribution in [0.25, 0.3) is 5.82 Å². The molecule has 0 aliphatic rings. The smallest absolute Gasteiger partial charge is 0.352 e. The Balaban J connectivity index is 1.86. The van der Waals surface area contributed by atoms with Crippen molar-refractivity contribution in [3.8, 4) is 5.82 Å². The second-order valence-corrected chi connectivity index (χ2v) is 8.86. The van der Waals surface area contributed by atoms with Gasteiger partial charge in [0.1, 0.15) is 12.2 Å². The van der Waals surface area contributed by atoms with E-state index in [-0.39, 0.29) is 29.5 Å². The molecular weight excluding hydrogens is 504 g/mol. The van der Waals surface area contributed by atoms with Crippen molar-refractivity contribution in [1.29, 1.82) is 0 Å². The molecule has 0 bridgehead atoms. The van der Waals surface area contributed by atoms with E-state index in [0.717, 1.165) is 6.33 Å². The number of benzene rings is 1. The van der Waals surface area contributed by atoms with Crippen LogP contribution < -0.4 is 5.32 Å². The lowest BCUT2D eigenvalue weighted by Crippen LogP contribution is -2.27. The van der Waals surface area contributed by atoms with Crippen LogP contribution in [0.15, 0.2) is 42.9 Å². The summed E-state index contributed by atoms with van der Waals surface area (Å²) >= 11 is 0. The number of hydrogen-bond donors (Lipinski definition) is 1. The first-order valence-electron chi connectivity index (χ1n) is 11.1. The van der Waals surface area contributed by atoms with Crippen LogP contribution in [0.1, 0.15) is 70.8 Å². The Kier molecular flexibility index (Phi) is 8.03. The van der Waals surface area contributed by atoms with Crippen molar-refractivity contribution < 1.29 is 35.9 Å². The first kappa shape index (κ1) is 27.8. The number of pyridine rings is 1. The molecule has 198 valence electrons. The van der Waals surface area contributed by atoms with Gasteiger partial charge < -0.3 is 5.32 Å². The largest absolute Gasteiger partial charge is 0.416 e. The summed E-state index contributed by atoms with van der Waals surface area (Å²) in [6.07, 6.45) is -8.05. The van der Waals surface area contributed by atoms with E-state index in [4.69, 9.17) is 0 Å². The molecule has 0 fully saturated rings. The number of aromatic nitrogens is 4. The third-order valence-corrected chi connectivity index (χ3v) is 5.31. The molecule has 2 aromatic heterocycles. The number of nitrogens with one attached hydrogen (secondary N) is 1. The fraction of sp³-hybridized carbons (Fsp3) is 0.375. The number of rotatable bonds is 8. The second-order valence-electron chi connectivity index (χ2n) is 8.86. The highest BCUT2D eigenvalue weighted by molar-refractivity contribution is 5.97. The van der Waals surface area contributed by atoms with E-state index in [2.05, 4.69) is 20.4 Å². The molecule has 0 unspecified atom stereocenters. The van der Waals surface area contributed by atoms with E-state index in [1.807, 2.05) is 13.8 Å². The van der Waals surface area contributed by atoms with Crippen LogP contribution >= 0.6 is 0 Å². The zero-order valence-corrected chi connectivity index (χ0v) is 20.0. The lowest BCUT2D eigenvalue weighted by Gasteiger charge is -2.15. The zero-order valence-electron chi connectivity index (χ0n) is 20.0. The highest BCUT2D eigenvalue weighted by atomic mass is 19.4. The predicted octanol–water partition coefficient (Wildman–Crippen LogP) is 5.46. The van der Waals surface area contributed by atoms with E-state index in [9.17, 15) is 35.9 Å². The Labute approximate surface area is 207 Å². The van der Waals surface area contributed by atoms with E-state index in [1.54, 1.807) is 0 Å². The van der Waals surface area contributed by atoms with Gasteiger partial charge in [-0.25, -0.2) is 9.97 Å². The molecule has 0 saturated carbocycles. The van der Waals surface area contributed by atoms with Crippen molar-refractivity contribution in [2.45, 2.75) is 45.5 Å². The molecule has 1 N–H and O–H groups in total. The van der Waals surface area contributed by atoms with E-state index in [1.165, 1.54) is 29.9 Å². The summed E-state index contributed by atoms with van der Waals surface area (Å²) in [5.41, 5.74) is -3.57. The summed E-state index contributed by atoms with van der Waals surface area (Å²) in [7, 11) is 0. The standard InChI is InChI=1S/C24H23F6N5O2/c1-13(2)11-32-22(37)15-4-5-31-20(9-15)35-21(33-12-34-35)14(3)6-19(36)16-7-17(23(25,26)27)10-18(8-16)24(28,29)30/h4-5,7-10,12-14H,6,11H2,1-3H3,(H,32,37)/t14-/m1/s1. The topological polar surface area (TPSA) is 89.8 Å². The summed E-state index contributed by atoms with van der Waals surface area (Å²) in [6.45, 7) is 5.85. The van der Waals surface area contributed by atoms with Gasteiger partial charge in [-0.05, 0) is 36.2 Å². The minimum absolute atomic E-state index is 0.0349. The number of halogens is 6. The van der Waals surface area contributed by atoms with Crippen LogP contribution in [0, 0.1) is 5.92 Å². The summed E-state index contributed by atoms with van der Waals surface area (Å²) in [6, 6.07) is 3.71. The van der Waals surface area contributed by atoms with Crippen LogP contribution in [0.3, 0.4) is 0 Å². The molecule has 13 heteroatoms. The van der Waals surface area contributed by atoms with Crippen LogP contribution in [-0.2, 0) is 12.4 Å². The average molecular weight is 527 g/mol. The first-order chi connectivity index (χ1) is 17.2. The summed E-state index contributed by atoms with van der Waals surface area (Å²) < 4.78 is 80.3. The van der Waals surface area contributed by atoms with Gasteiger partial charge in [0.2, 0.25) is 0 Å². The molecule has 3 rings (SSSR count). The van der Waals surface area contributed by atoms with Crippen LogP contribution in [0.5, 0.6) is 0 Å². The molecule has 2 heterocycles. The monoisotopic (exact) mass is 527 g/mol. The highest BCUT2D eigenvalue weighted by Crippen LogP contribution is 2.37. The molecule has 3 aromatic rings. The van der Waals surface area contributed by atoms with Gasteiger partial charge in [0.25, 0.3) is 5.91 Å². The first-order valence-corrected chi connectivity index (χ1v) is 11.1. The number of carbonyl (C=O) groups excluding carboxylic acids is 2. The van der Waals surface area contributed by atoms with Gasteiger partial charge in [0, 0.05) is 36.2 Å². The Morgan fingerprint density at radius 3 is 2.11 bits per heavy atom. The van der Waals surface area contributed by atoms with Crippen molar-refractivity contribution in [2.75, 3.05) is 6.54 Å². The lowest BCUT2D eigenvalue weighted by molar-refractivity contribution is -0.143. The minimum Gasteiger partial charge on any atom is -0.352 e. The maximum atomic E-state index is 13.2. The number of alkyl halides is 6. The molecule has 0 spiro atoms. The molecule has 0 aliphatic carbocycles. The van der Waals surface area contributed by atoms with Crippen LogP contribution in [0.2, 0.25) is 0 Å². The molecule has 1 amide bonds. The van der Waals surface area contributed by atoms with Crippen molar-refractivity contribution in [3.63, 3.8) is 0 Å². The molecule has 0 aliphatic heterocycles. The fourth-order valence-electron chi connectivity index (χ4n) is 3.44. The Bertz CT molecular complexity index is 1250. The van der Waals surface area contributed by atoms with Gasteiger partial charge in [-0.1, -0.05) is 20.8 Å². The van der Waals surface area contributed by atoms with Crippen LogP contribution in [-0.4, -0.2) is 38.0 Å². The van der Waals surface area contributed by atoms with Gasteiger partial charge in [0.05, 0.1) is 11.1 Å². The number of ketones is 1. The van der Waals surface area contributed by atoms with E-state index >= 15 is 0 Å². The van der Waals surface area contributed by atoms with Gasteiger partial charge in [-0.2, -0.15) is 36.1 Å². The summed E-state index contributed by atoms with van der Waals surface area (Å²) in [5, 5.41) is 6.82. The molecule has 7 nitrogen and oxygen atoms in total. The van der Waals surface area contributed by atoms with Crippen molar-refractivity contribution in [3.05, 3.63) is 70.9 Å². The quantitative estimate of drug-likeness (QED) is 0.310. The Morgan fingerprint density at radius 2 is 1.54 bits per heavy atom. The molecule has 37 heavy (non-hydrogen) atoms. The SMILES string of the molecule is CC(C)CNC(=O)c1ccnc(-n2ncnc2[C@H](C)CC(=O)c2cc(C(F)(F)F)cc(C(F)(F)F)c2)c1. The highest BCUT2D eigenvalue weighted by Gasteiger charge is 2.37. The molecular formula is C24H23F6N5O2. The Morgan fingerprint density at radius 1 is 0.919 bits per heavy atom. The maximum absolute atomic E-state index is 13.2. The van der Waals surface area contributed by atoms with Crippen molar-refractivity contribution in [2.24, 2.45) is 5.92 Å². The van der Waals surface area contributed by atoms with Crippen molar-refractivity contribution in [1.82, 2.24) is 25.1 Å². The van der Waals surface area contributed by atoms with Gasteiger partial charge in [0.15, 0.2) is 11.6 Å². The van der Waals surface area contributed by atoms with Gasteiger partial charge in [-0.15, -0.1) is 0 Å². The fourth-order valence-corrected chi connectivity index (χ4v) is 3.44. The van der Waals surface area contributed by atoms with E-state index < -0.39 is 47.2 Å². The third kappa shape index (κ3) is 6.92. The lowest BCUT2D eigenvalue weighted by atomic mass is 9.95. The van der Waals surface area contributed by atoms with Crippen LogP contribution in [0.4, 0.5) is 26.3 Å². The zero-order chi connectivity index (χ0) is 27.5. The van der Waals surface area contributed by atoms with Crippen molar-refractivity contribution >= 4 is 11.7 Å². The maximum Gasteiger partial charge on any atom is 0.416 e. The number of Topliss-reactive ketones (excluding diaryl/α,β-unsaturated/α-hetero) is 1. The molecule has 0 radical (unpaired) electrons. The molecule has 1 atom stereocenters. The van der Waals surface area contributed by atoms with Gasteiger partial charge >= 0.3 is 12.4 Å². The second kappa shape index (κ2) is 10.7. The third-order valence-electron chi connectivity index (χ3n) is 5.31. The number of hydrogen-bond acceptors (Lipinski definition) is 5. The predicted molar refractivity (Wildman–Crippen MR) is 120 cm³/mol. The number of nitrogens with zero attached hydrogens (tertiary/aromatic N) is 4. The average Bonchev–Trinajstić information content (AvgIpc) is 3.31. The minimum atomic E-state index is -5.07. The number of carbonyl (C=O) groups is 2. The summed E-state index contributed by atoms with van der Waals surface area (Å²) in [5.74, 6) is -1.43.